The molecule has 2 fully saturated rings. The molecule has 0 bridgehead atoms. The van der Waals surface area contributed by atoms with Gasteiger partial charge in [0.25, 0.3) is 0 Å². The molecule has 1 amide bonds. The first-order valence-corrected chi connectivity index (χ1v) is 14.4. The first kappa shape index (κ1) is 25.1. The van der Waals surface area contributed by atoms with Gasteiger partial charge in [0.05, 0.1) is 32.9 Å². The van der Waals surface area contributed by atoms with Crippen LogP contribution >= 0.6 is 11.3 Å². The van der Waals surface area contributed by atoms with Crippen LogP contribution in [0.15, 0.2) is 41.7 Å². The van der Waals surface area contributed by atoms with Crippen molar-refractivity contribution in [3.05, 3.63) is 41.8 Å². The van der Waals surface area contributed by atoms with Crippen molar-refractivity contribution in [2.75, 3.05) is 18.4 Å². The molecule has 3 heterocycles. The van der Waals surface area contributed by atoms with Gasteiger partial charge in [-0.2, -0.15) is 0 Å². The molecule has 1 unspecified atom stereocenters. The summed E-state index contributed by atoms with van der Waals surface area (Å²) in [5.41, 5.74) is 1.80. The number of benzene rings is 1. The van der Waals surface area contributed by atoms with Crippen LogP contribution in [0.3, 0.4) is 0 Å². The number of imidazole rings is 1. The SMILES string of the molecule is CC(C)OC(=O)NC1CCC(c2ncc(-c3ccc(Nc4ncc[nH]4)cc3[S+]([O-])N3CCC3)s2)CC1. The lowest BCUT2D eigenvalue weighted by Gasteiger charge is -2.31. The topological polar surface area (TPSA) is 118 Å². The number of ether oxygens (including phenoxy) is 1. The van der Waals surface area contributed by atoms with Crippen LogP contribution in [-0.4, -0.2) is 55.1 Å². The molecule has 0 radical (unpaired) electrons. The number of aromatic amines is 1. The summed E-state index contributed by atoms with van der Waals surface area (Å²) in [7, 11) is 0. The quantitative estimate of drug-likeness (QED) is 0.345. The summed E-state index contributed by atoms with van der Waals surface area (Å²) in [6.07, 6.45) is 9.73. The smallest absolute Gasteiger partial charge is 0.407 e. The zero-order chi connectivity index (χ0) is 25.1. The van der Waals surface area contributed by atoms with Crippen molar-refractivity contribution in [2.24, 2.45) is 0 Å². The monoisotopic (exact) mass is 528 g/mol. The molecule has 1 aromatic carbocycles. The molecule has 0 spiro atoms. The van der Waals surface area contributed by atoms with Crippen LogP contribution in [-0.2, 0) is 16.1 Å². The van der Waals surface area contributed by atoms with Crippen molar-refractivity contribution in [2.45, 2.75) is 68.9 Å². The van der Waals surface area contributed by atoms with Gasteiger partial charge in [0, 0.05) is 55.4 Å². The highest BCUT2D eigenvalue weighted by Crippen LogP contribution is 2.41. The molecule has 3 N–H and O–H groups in total. The average molecular weight is 529 g/mol. The molecule has 3 aromatic rings. The summed E-state index contributed by atoms with van der Waals surface area (Å²) < 4.78 is 20.6. The Hall–Kier alpha value is -2.60. The average Bonchev–Trinajstić information content (AvgIpc) is 3.50. The number of hydrogen-bond donors (Lipinski definition) is 3. The van der Waals surface area contributed by atoms with Crippen LogP contribution < -0.4 is 10.6 Å². The van der Waals surface area contributed by atoms with E-state index >= 15 is 0 Å². The zero-order valence-electron chi connectivity index (χ0n) is 20.5. The molecule has 9 nitrogen and oxygen atoms in total. The van der Waals surface area contributed by atoms with Gasteiger partial charge in [0.15, 0.2) is 4.90 Å². The van der Waals surface area contributed by atoms with E-state index in [2.05, 4.69) is 20.6 Å². The Morgan fingerprint density at radius 1 is 1.25 bits per heavy atom. The Bertz CT molecular complexity index is 1160. The number of thiazole rings is 1. The minimum absolute atomic E-state index is 0.120. The lowest BCUT2D eigenvalue weighted by Crippen LogP contribution is -2.42. The van der Waals surface area contributed by atoms with Crippen molar-refractivity contribution >= 4 is 40.4 Å². The third-order valence-electron chi connectivity index (χ3n) is 6.51. The van der Waals surface area contributed by atoms with E-state index in [-0.39, 0.29) is 18.2 Å². The first-order valence-electron chi connectivity index (χ1n) is 12.5. The Kier molecular flexibility index (Phi) is 7.80. The highest BCUT2D eigenvalue weighted by atomic mass is 32.2. The molecule has 36 heavy (non-hydrogen) atoms. The van der Waals surface area contributed by atoms with E-state index in [9.17, 15) is 9.35 Å². The van der Waals surface area contributed by atoms with Crippen LogP contribution in [0.25, 0.3) is 10.4 Å². The fourth-order valence-electron chi connectivity index (χ4n) is 4.51. The third kappa shape index (κ3) is 5.86. The lowest BCUT2D eigenvalue weighted by molar-refractivity contribution is 0.109. The second-order valence-corrected chi connectivity index (χ2v) is 12.0. The minimum Gasteiger partial charge on any atom is -0.593 e. The molecule has 1 aliphatic heterocycles. The molecule has 1 saturated carbocycles. The van der Waals surface area contributed by atoms with Gasteiger partial charge in [-0.05, 0) is 58.1 Å². The van der Waals surface area contributed by atoms with Gasteiger partial charge in [0.1, 0.15) is 0 Å². The maximum Gasteiger partial charge on any atom is 0.407 e. The van der Waals surface area contributed by atoms with Gasteiger partial charge in [-0.25, -0.2) is 14.8 Å². The van der Waals surface area contributed by atoms with Crippen molar-refractivity contribution in [1.29, 1.82) is 0 Å². The second kappa shape index (κ2) is 11.2. The zero-order valence-corrected chi connectivity index (χ0v) is 22.2. The number of alkyl carbamates (subject to hydrolysis) is 1. The van der Waals surface area contributed by atoms with E-state index in [0.29, 0.717) is 11.9 Å². The Balaban J connectivity index is 1.29. The van der Waals surface area contributed by atoms with Crippen molar-refractivity contribution in [3.63, 3.8) is 0 Å². The number of nitrogens with one attached hydrogen (secondary N) is 3. The number of hydrogen-bond acceptors (Lipinski definition) is 8. The van der Waals surface area contributed by atoms with E-state index < -0.39 is 11.4 Å². The predicted octanol–water partition coefficient (Wildman–Crippen LogP) is 5.17. The van der Waals surface area contributed by atoms with Crippen molar-refractivity contribution in [1.82, 2.24) is 24.6 Å². The summed E-state index contributed by atoms with van der Waals surface area (Å²) in [4.78, 5) is 25.8. The van der Waals surface area contributed by atoms with Crippen LogP contribution in [0.1, 0.15) is 56.9 Å². The van der Waals surface area contributed by atoms with Crippen molar-refractivity contribution in [3.8, 4) is 10.4 Å². The van der Waals surface area contributed by atoms with E-state index in [1.807, 2.05) is 42.5 Å². The van der Waals surface area contributed by atoms with Gasteiger partial charge in [-0.15, -0.1) is 15.6 Å². The molecule has 1 aliphatic carbocycles. The molecular formula is C25H32N6O3S2. The molecule has 5 rings (SSSR count). The van der Waals surface area contributed by atoms with Crippen LogP contribution in [0.2, 0.25) is 0 Å². The fourth-order valence-corrected chi connectivity index (χ4v) is 7.16. The summed E-state index contributed by atoms with van der Waals surface area (Å²) in [5, 5.41) is 7.34. The van der Waals surface area contributed by atoms with Gasteiger partial charge in [-0.3, -0.25) is 0 Å². The number of carbonyl (C=O) groups is 1. The van der Waals surface area contributed by atoms with Gasteiger partial charge >= 0.3 is 6.09 Å². The number of nitrogens with zero attached hydrogens (tertiary/aromatic N) is 3. The molecule has 2 aliphatic rings. The maximum atomic E-state index is 13.4. The summed E-state index contributed by atoms with van der Waals surface area (Å²) >= 11 is 0.448. The van der Waals surface area contributed by atoms with Crippen LogP contribution in [0.4, 0.5) is 16.4 Å². The van der Waals surface area contributed by atoms with E-state index in [1.54, 1.807) is 23.7 Å². The number of H-pyrrole nitrogens is 1. The van der Waals surface area contributed by atoms with Gasteiger partial charge < -0.3 is 24.9 Å². The Morgan fingerprint density at radius 2 is 2.06 bits per heavy atom. The second-order valence-electron chi connectivity index (χ2n) is 9.52. The molecule has 11 heteroatoms. The standard InChI is InChI=1S/C25H32N6O3S2/c1-16(2)34-25(32)30-18-6-4-17(5-7-18)23-28-15-21(35-23)20-9-8-19(29-24-26-10-11-27-24)14-22(20)36(33)31-12-3-13-31/h8-11,14-18H,3-7,12-13H2,1-2H3,(H,30,32)(H2,26,27,29). The maximum absolute atomic E-state index is 13.4. The lowest BCUT2D eigenvalue weighted by atomic mass is 9.86. The van der Waals surface area contributed by atoms with Crippen LogP contribution in [0, 0.1) is 0 Å². The largest absolute Gasteiger partial charge is 0.593 e. The normalized spacial score (nSPS) is 21.1. The Morgan fingerprint density at radius 3 is 2.72 bits per heavy atom. The Labute approximate surface area is 218 Å². The molecule has 192 valence electrons. The summed E-state index contributed by atoms with van der Waals surface area (Å²) in [6, 6.07) is 6.11. The molecule has 1 atom stereocenters. The summed E-state index contributed by atoms with van der Waals surface area (Å²) in [6.45, 7) is 5.39. The van der Waals surface area contributed by atoms with E-state index in [4.69, 9.17) is 9.72 Å². The molecule has 2 aromatic heterocycles. The number of rotatable bonds is 8. The fraction of sp³-hybridized carbons (Fsp3) is 0.480. The number of carbonyl (C=O) groups excluding carboxylic acids is 1. The highest BCUT2D eigenvalue weighted by Gasteiger charge is 2.32. The van der Waals surface area contributed by atoms with Gasteiger partial charge in [-0.1, -0.05) is 0 Å². The molecule has 1 saturated heterocycles. The van der Waals surface area contributed by atoms with Gasteiger partial charge in [0.2, 0.25) is 5.95 Å². The molecular weight excluding hydrogens is 496 g/mol. The van der Waals surface area contributed by atoms with E-state index in [1.165, 1.54) is 0 Å². The minimum atomic E-state index is -1.23. The highest BCUT2D eigenvalue weighted by molar-refractivity contribution is 7.89. The van der Waals surface area contributed by atoms with Crippen LogP contribution in [0.5, 0.6) is 0 Å². The third-order valence-corrected chi connectivity index (χ3v) is 9.25. The number of aromatic nitrogens is 3. The number of amides is 1. The number of anilines is 2. The summed E-state index contributed by atoms with van der Waals surface area (Å²) in [5.74, 6) is 1.01. The first-order chi connectivity index (χ1) is 17.5. The van der Waals surface area contributed by atoms with Crippen molar-refractivity contribution < 1.29 is 14.1 Å². The van der Waals surface area contributed by atoms with E-state index in [0.717, 1.165) is 71.2 Å². The predicted molar refractivity (Wildman–Crippen MR) is 142 cm³/mol.